The van der Waals surface area contributed by atoms with Crippen molar-refractivity contribution in [3.63, 3.8) is 0 Å². The fraction of sp³-hybridized carbons (Fsp3) is 0.679. The first-order chi connectivity index (χ1) is 17.0. The Morgan fingerprint density at radius 1 is 1.20 bits per heavy atom. The van der Waals surface area contributed by atoms with Gasteiger partial charge in [-0.15, -0.1) is 11.8 Å². The summed E-state index contributed by atoms with van der Waals surface area (Å²) in [6.45, 7) is 1.62. The van der Waals surface area contributed by atoms with Gasteiger partial charge < -0.3 is 20.3 Å². The standard InChI is InChI=1S/C28H41N3O3S/c1-29-26(33)11-10-22(20-32)31-19-24-23(27(31)34)8-7-9-25(24)35-17-6-4-2-3-5-16-30-28-14-12-21(18-28)13-15-28/h7-9,20-22,30H,2-6,10-19H2,1H3,(H,29,33). The molecule has 1 aliphatic heterocycles. The van der Waals surface area contributed by atoms with Gasteiger partial charge in [0.2, 0.25) is 5.91 Å². The number of carbonyl (C=O) groups excluding carboxylic acids is 3. The molecule has 1 atom stereocenters. The van der Waals surface area contributed by atoms with Gasteiger partial charge in [-0.2, -0.15) is 0 Å². The van der Waals surface area contributed by atoms with E-state index in [-0.39, 0.29) is 18.2 Å². The van der Waals surface area contributed by atoms with Crippen LogP contribution in [0.1, 0.15) is 93.0 Å². The van der Waals surface area contributed by atoms with Crippen molar-refractivity contribution in [3.05, 3.63) is 29.3 Å². The first-order valence-electron chi connectivity index (χ1n) is 13.5. The average Bonchev–Trinajstić information content (AvgIpc) is 3.57. The fourth-order valence-electron chi connectivity index (χ4n) is 6.16. The molecular weight excluding hydrogens is 458 g/mol. The molecule has 2 amide bonds. The van der Waals surface area contributed by atoms with Crippen molar-refractivity contribution < 1.29 is 14.4 Å². The second-order valence-electron chi connectivity index (χ2n) is 10.6. The van der Waals surface area contributed by atoms with E-state index in [4.69, 9.17) is 0 Å². The molecule has 2 fully saturated rings. The number of hydrogen-bond donors (Lipinski definition) is 2. The SMILES string of the molecule is CNC(=O)CCC(C=O)N1Cc2c(SCCCCCCCNC34CCC(CC3)C4)cccc2C1=O. The average molecular weight is 500 g/mol. The van der Waals surface area contributed by atoms with E-state index in [1.54, 1.807) is 11.9 Å². The molecule has 0 aromatic heterocycles. The minimum absolute atomic E-state index is 0.102. The van der Waals surface area contributed by atoms with Crippen LogP contribution in [0, 0.1) is 5.92 Å². The molecule has 192 valence electrons. The highest BCUT2D eigenvalue weighted by Gasteiger charge is 2.44. The van der Waals surface area contributed by atoms with Gasteiger partial charge in [0.15, 0.2) is 0 Å². The molecule has 1 heterocycles. The lowest BCUT2D eigenvalue weighted by Gasteiger charge is -2.28. The van der Waals surface area contributed by atoms with Gasteiger partial charge in [0.1, 0.15) is 6.29 Å². The van der Waals surface area contributed by atoms with E-state index in [0.29, 0.717) is 24.1 Å². The molecule has 35 heavy (non-hydrogen) atoms. The van der Waals surface area contributed by atoms with Crippen LogP contribution in [0.2, 0.25) is 0 Å². The maximum Gasteiger partial charge on any atom is 0.255 e. The quantitative estimate of drug-likeness (QED) is 0.208. The number of nitrogens with zero attached hydrogens (tertiary/aromatic N) is 1. The molecule has 2 aliphatic carbocycles. The largest absolute Gasteiger partial charge is 0.359 e. The van der Waals surface area contributed by atoms with Crippen molar-refractivity contribution in [1.82, 2.24) is 15.5 Å². The van der Waals surface area contributed by atoms with Gasteiger partial charge in [0.05, 0.1) is 6.04 Å². The Morgan fingerprint density at radius 2 is 1.97 bits per heavy atom. The number of aldehydes is 1. The summed E-state index contributed by atoms with van der Waals surface area (Å²) in [6, 6.07) is 5.31. The highest BCUT2D eigenvalue weighted by molar-refractivity contribution is 7.99. The summed E-state index contributed by atoms with van der Waals surface area (Å²) in [5, 5.41) is 6.46. The molecule has 1 aromatic carbocycles. The first-order valence-corrected chi connectivity index (χ1v) is 14.5. The van der Waals surface area contributed by atoms with E-state index in [0.717, 1.165) is 28.4 Å². The van der Waals surface area contributed by atoms with Crippen molar-refractivity contribution in [2.75, 3.05) is 19.3 Å². The molecule has 3 aliphatic rings. The summed E-state index contributed by atoms with van der Waals surface area (Å²) in [6.07, 6.45) is 14.8. The van der Waals surface area contributed by atoms with Crippen molar-refractivity contribution >= 4 is 29.9 Å². The van der Waals surface area contributed by atoms with Crippen LogP contribution < -0.4 is 10.6 Å². The molecule has 1 aromatic rings. The monoisotopic (exact) mass is 499 g/mol. The number of carbonyl (C=O) groups is 3. The summed E-state index contributed by atoms with van der Waals surface area (Å²) in [7, 11) is 1.58. The lowest BCUT2D eigenvalue weighted by Crippen LogP contribution is -2.41. The van der Waals surface area contributed by atoms with Crippen LogP contribution in [-0.2, 0) is 16.1 Å². The van der Waals surface area contributed by atoms with Gasteiger partial charge in [-0.1, -0.05) is 25.3 Å². The number of nitrogens with one attached hydrogen (secondary N) is 2. The summed E-state index contributed by atoms with van der Waals surface area (Å²) in [5.74, 6) is 1.83. The number of amides is 2. The Hall–Kier alpha value is -1.86. The topological polar surface area (TPSA) is 78.5 Å². The second-order valence-corrected chi connectivity index (χ2v) is 11.7. The molecule has 6 nitrogen and oxygen atoms in total. The molecule has 0 spiro atoms. The Balaban J connectivity index is 1.15. The van der Waals surface area contributed by atoms with Gasteiger partial charge in [0, 0.05) is 36.0 Å². The molecule has 7 heteroatoms. The van der Waals surface area contributed by atoms with Gasteiger partial charge in [-0.25, -0.2) is 0 Å². The smallest absolute Gasteiger partial charge is 0.255 e. The lowest BCUT2D eigenvalue weighted by molar-refractivity contribution is -0.121. The van der Waals surface area contributed by atoms with Gasteiger partial charge >= 0.3 is 0 Å². The van der Waals surface area contributed by atoms with E-state index in [1.807, 2.05) is 23.9 Å². The summed E-state index contributed by atoms with van der Waals surface area (Å²) in [4.78, 5) is 39.0. The Bertz CT molecular complexity index is 897. The zero-order chi connectivity index (χ0) is 24.7. The Kier molecular flexibility index (Phi) is 9.28. The zero-order valence-corrected chi connectivity index (χ0v) is 22.0. The van der Waals surface area contributed by atoms with Crippen LogP contribution in [0.3, 0.4) is 0 Å². The van der Waals surface area contributed by atoms with Crippen LogP contribution in [0.15, 0.2) is 23.1 Å². The van der Waals surface area contributed by atoms with Crippen LogP contribution >= 0.6 is 11.8 Å². The second kappa shape index (κ2) is 12.4. The minimum atomic E-state index is -0.567. The van der Waals surface area contributed by atoms with E-state index < -0.39 is 6.04 Å². The predicted molar refractivity (Wildman–Crippen MR) is 141 cm³/mol. The predicted octanol–water partition coefficient (Wildman–Crippen LogP) is 4.70. The van der Waals surface area contributed by atoms with E-state index in [9.17, 15) is 14.4 Å². The third-order valence-electron chi connectivity index (χ3n) is 8.28. The number of thioether (sulfide) groups is 1. The number of fused-ring (bicyclic) bond motifs is 3. The Labute approximate surface area is 214 Å². The van der Waals surface area contributed by atoms with Crippen LogP contribution in [-0.4, -0.2) is 53.9 Å². The van der Waals surface area contributed by atoms with Crippen LogP contribution in [0.25, 0.3) is 0 Å². The van der Waals surface area contributed by atoms with Crippen molar-refractivity contribution in [1.29, 1.82) is 0 Å². The molecule has 4 rings (SSSR count). The number of unbranched alkanes of at least 4 members (excludes halogenated alkanes) is 4. The normalized spacial score (nSPS) is 23.5. The van der Waals surface area contributed by atoms with Gasteiger partial charge in [-0.05, 0) is 87.3 Å². The summed E-state index contributed by atoms with van der Waals surface area (Å²) < 4.78 is 0. The highest BCUT2D eigenvalue weighted by Crippen LogP contribution is 2.47. The minimum Gasteiger partial charge on any atom is -0.359 e. The molecule has 0 saturated heterocycles. The Morgan fingerprint density at radius 3 is 2.69 bits per heavy atom. The highest BCUT2D eigenvalue weighted by atomic mass is 32.2. The lowest BCUT2D eigenvalue weighted by atomic mass is 9.93. The molecule has 2 saturated carbocycles. The first kappa shape index (κ1) is 26.2. The van der Waals surface area contributed by atoms with Crippen molar-refractivity contribution in [3.8, 4) is 0 Å². The van der Waals surface area contributed by atoms with Gasteiger partial charge in [0.25, 0.3) is 5.91 Å². The summed E-state index contributed by atoms with van der Waals surface area (Å²) in [5.41, 5.74) is 2.23. The number of benzene rings is 1. The van der Waals surface area contributed by atoms with E-state index >= 15 is 0 Å². The van der Waals surface area contributed by atoms with Crippen molar-refractivity contribution in [2.45, 2.75) is 100 Å². The molecule has 0 radical (unpaired) electrons. The summed E-state index contributed by atoms with van der Waals surface area (Å²) >= 11 is 1.82. The maximum atomic E-state index is 12.9. The molecule has 1 unspecified atom stereocenters. The maximum absolute atomic E-state index is 12.9. The number of hydrogen-bond acceptors (Lipinski definition) is 5. The van der Waals surface area contributed by atoms with Crippen LogP contribution in [0.5, 0.6) is 0 Å². The third kappa shape index (κ3) is 6.48. The molecular formula is C28H41N3O3S. The number of rotatable bonds is 15. The van der Waals surface area contributed by atoms with Crippen molar-refractivity contribution in [2.24, 2.45) is 5.92 Å². The van der Waals surface area contributed by atoms with E-state index in [2.05, 4.69) is 16.7 Å². The van der Waals surface area contributed by atoms with Crippen LogP contribution in [0.4, 0.5) is 0 Å². The molecule has 2 bridgehead atoms. The van der Waals surface area contributed by atoms with E-state index in [1.165, 1.54) is 70.8 Å². The van der Waals surface area contributed by atoms with Gasteiger partial charge in [-0.3, -0.25) is 9.59 Å². The molecule has 2 N–H and O–H groups in total. The fourth-order valence-corrected chi connectivity index (χ4v) is 7.26. The third-order valence-corrected chi connectivity index (χ3v) is 9.46. The zero-order valence-electron chi connectivity index (χ0n) is 21.2.